The van der Waals surface area contributed by atoms with Crippen LogP contribution in [0, 0.1) is 5.92 Å². The molecule has 0 spiro atoms. The Bertz CT molecular complexity index is 650. The van der Waals surface area contributed by atoms with Crippen LogP contribution in [0.25, 0.3) is 0 Å². The van der Waals surface area contributed by atoms with Crippen molar-refractivity contribution in [3.63, 3.8) is 0 Å². The van der Waals surface area contributed by atoms with Crippen LogP contribution in [-0.2, 0) is 11.2 Å². The van der Waals surface area contributed by atoms with E-state index < -0.39 is 0 Å². The summed E-state index contributed by atoms with van der Waals surface area (Å²) in [6.45, 7) is 3.08. The topological polar surface area (TPSA) is 23.6 Å². The van der Waals surface area contributed by atoms with E-state index >= 15 is 0 Å². The van der Waals surface area contributed by atoms with E-state index in [1.165, 1.54) is 30.4 Å². The number of piperidine rings is 1. The first kappa shape index (κ1) is 18.7. The molecule has 1 heterocycles. The van der Waals surface area contributed by atoms with Crippen molar-refractivity contribution < 1.29 is 4.79 Å². The van der Waals surface area contributed by atoms with E-state index in [2.05, 4.69) is 65.6 Å². The number of carbonyl (C=O) groups is 1. The molecule has 2 aromatic rings. The van der Waals surface area contributed by atoms with E-state index in [1.807, 2.05) is 7.05 Å². The molecule has 3 rings (SSSR count). The Hall–Kier alpha value is -2.13. The molecule has 1 amide bonds. The molecule has 0 radical (unpaired) electrons. The summed E-state index contributed by atoms with van der Waals surface area (Å²) in [5.41, 5.74) is 2.83. The van der Waals surface area contributed by atoms with E-state index in [0.29, 0.717) is 6.04 Å². The molecule has 0 aliphatic carbocycles. The van der Waals surface area contributed by atoms with Crippen molar-refractivity contribution in [3.05, 3.63) is 71.8 Å². The number of hydrogen-bond acceptors (Lipinski definition) is 2. The maximum Gasteiger partial charge on any atom is 0.209 e. The van der Waals surface area contributed by atoms with Crippen LogP contribution < -0.4 is 0 Å². The first-order valence-electron chi connectivity index (χ1n) is 9.74. The lowest BCUT2D eigenvalue weighted by molar-refractivity contribution is -0.117. The van der Waals surface area contributed by atoms with Crippen LogP contribution in [0.4, 0.5) is 0 Å². The third-order valence-corrected chi connectivity index (χ3v) is 5.58. The van der Waals surface area contributed by atoms with E-state index in [9.17, 15) is 4.79 Å². The summed E-state index contributed by atoms with van der Waals surface area (Å²) in [6, 6.07) is 22.0. The monoisotopic (exact) mass is 350 g/mol. The molecule has 0 saturated carbocycles. The molecule has 2 aromatic carbocycles. The van der Waals surface area contributed by atoms with Gasteiger partial charge in [-0.05, 0) is 55.8 Å². The highest BCUT2D eigenvalue weighted by Crippen LogP contribution is 2.30. The minimum Gasteiger partial charge on any atom is -0.348 e. The minimum absolute atomic E-state index is 0.399. The predicted molar refractivity (Wildman–Crippen MR) is 107 cm³/mol. The van der Waals surface area contributed by atoms with Crippen LogP contribution in [0.1, 0.15) is 36.4 Å². The Morgan fingerprint density at radius 1 is 1.04 bits per heavy atom. The summed E-state index contributed by atoms with van der Waals surface area (Å²) in [4.78, 5) is 15.3. The normalized spacial score (nSPS) is 17.0. The molecule has 0 bridgehead atoms. The maximum absolute atomic E-state index is 11.0. The minimum atomic E-state index is 0.399. The van der Waals surface area contributed by atoms with Gasteiger partial charge in [0, 0.05) is 19.6 Å². The average Bonchev–Trinajstić information content (AvgIpc) is 2.71. The van der Waals surface area contributed by atoms with Crippen LogP contribution >= 0.6 is 0 Å². The fraction of sp³-hybridized carbons (Fsp3) is 0.435. The fourth-order valence-corrected chi connectivity index (χ4v) is 4.03. The van der Waals surface area contributed by atoms with Crippen molar-refractivity contribution in [1.29, 1.82) is 0 Å². The van der Waals surface area contributed by atoms with Gasteiger partial charge in [0.1, 0.15) is 0 Å². The van der Waals surface area contributed by atoms with Crippen LogP contribution in [0.5, 0.6) is 0 Å². The molecular formula is C23H30N2O. The third kappa shape index (κ3) is 5.18. The van der Waals surface area contributed by atoms with Crippen molar-refractivity contribution in [2.75, 3.05) is 26.7 Å². The molecule has 0 N–H and O–H groups in total. The molecule has 1 saturated heterocycles. The molecule has 0 aromatic heterocycles. The second kappa shape index (κ2) is 9.54. The van der Waals surface area contributed by atoms with E-state index in [-0.39, 0.29) is 0 Å². The molecule has 1 atom stereocenters. The zero-order chi connectivity index (χ0) is 18.2. The summed E-state index contributed by atoms with van der Waals surface area (Å²) < 4.78 is 0. The number of carbonyl (C=O) groups excluding carboxylic acids is 1. The summed E-state index contributed by atoms with van der Waals surface area (Å²) in [5, 5.41) is 0. The molecular weight excluding hydrogens is 320 g/mol. The second-order valence-electron chi connectivity index (χ2n) is 7.47. The zero-order valence-electron chi connectivity index (χ0n) is 15.8. The molecule has 138 valence electrons. The highest BCUT2D eigenvalue weighted by molar-refractivity contribution is 5.46. The van der Waals surface area contributed by atoms with Gasteiger partial charge in [-0.25, -0.2) is 0 Å². The third-order valence-electron chi connectivity index (χ3n) is 5.58. The van der Waals surface area contributed by atoms with Crippen molar-refractivity contribution in [2.24, 2.45) is 5.92 Å². The van der Waals surface area contributed by atoms with Gasteiger partial charge < -0.3 is 4.90 Å². The van der Waals surface area contributed by atoms with Gasteiger partial charge in [0.05, 0.1) is 0 Å². The number of amides is 1. The van der Waals surface area contributed by atoms with Gasteiger partial charge in [-0.15, -0.1) is 0 Å². The van der Waals surface area contributed by atoms with E-state index in [0.717, 1.165) is 38.4 Å². The lowest BCUT2D eigenvalue weighted by Crippen LogP contribution is -2.38. The Labute approximate surface area is 157 Å². The SMILES string of the molecule is CN(C=O)CCC(c1ccccc1)N1CCC(Cc2ccccc2)CC1. The average molecular weight is 351 g/mol. The van der Waals surface area contributed by atoms with Crippen LogP contribution in [0.2, 0.25) is 0 Å². The first-order valence-corrected chi connectivity index (χ1v) is 9.74. The van der Waals surface area contributed by atoms with Gasteiger partial charge in [0.15, 0.2) is 0 Å². The lowest BCUT2D eigenvalue weighted by atomic mass is 9.88. The van der Waals surface area contributed by atoms with Crippen LogP contribution in [0.3, 0.4) is 0 Å². The number of likely N-dealkylation sites (tertiary alicyclic amines) is 1. The van der Waals surface area contributed by atoms with Crippen molar-refractivity contribution in [3.8, 4) is 0 Å². The van der Waals surface area contributed by atoms with Gasteiger partial charge in [0.2, 0.25) is 6.41 Å². The molecule has 3 heteroatoms. The zero-order valence-corrected chi connectivity index (χ0v) is 15.8. The standard InChI is InChI=1S/C23H30N2O/c1-24(19-26)15-14-23(22-10-6-3-7-11-22)25-16-12-21(13-17-25)18-20-8-4-2-5-9-20/h2-11,19,21,23H,12-18H2,1H3. The number of hydrogen-bond donors (Lipinski definition) is 0. The summed E-state index contributed by atoms with van der Waals surface area (Å²) in [6.07, 6.45) is 5.61. The maximum atomic E-state index is 11.0. The Morgan fingerprint density at radius 2 is 1.65 bits per heavy atom. The van der Waals surface area contributed by atoms with E-state index in [4.69, 9.17) is 0 Å². The highest BCUT2D eigenvalue weighted by Gasteiger charge is 2.26. The van der Waals surface area contributed by atoms with Crippen molar-refractivity contribution in [1.82, 2.24) is 9.80 Å². The number of nitrogens with zero attached hydrogens (tertiary/aromatic N) is 2. The quantitative estimate of drug-likeness (QED) is 0.668. The Morgan fingerprint density at radius 3 is 2.27 bits per heavy atom. The molecule has 1 fully saturated rings. The van der Waals surface area contributed by atoms with Gasteiger partial charge in [0.25, 0.3) is 0 Å². The molecule has 26 heavy (non-hydrogen) atoms. The number of rotatable bonds is 8. The second-order valence-corrected chi connectivity index (χ2v) is 7.47. The smallest absolute Gasteiger partial charge is 0.209 e. The Balaban J connectivity index is 1.60. The molecule has 1 aliphatic heterocycles. The Kier molecular flexibility index (Phi) is 6.84. The summed E-state index contributed by atoms with van der Waals surface area (Å²) in [5.74, 6) is 0.780. The largest absolute Gasteiger partial charge is 0.348 e. The molecule has 1 aliphatic rings. The number of benzene rings is 2. The van der Waals surface area contributed by atoms with Gasteiger partial charge in [-0.2, -0.15) is 0 Å². The predicted octanol–water partition coefficient (Wildman–Crippen LogP) is 4.16. The first-order chi connectivity index (χ1) is 12.8. The van der Waals surface area contributed by atoms with Gasteiger partial charge >= 0.3 is 0 Å². The fourth-order valence-electron chi connectivity index (χ4n) is 4.03. The van der Waals surface area contributed by atoms with Crippen LogP contribution in [0.15, 0.2) is 60.7 Å². The molecule has 3 nitrogen and oxygen atoms in total. The summed E-state index contributed by atoms with van der Waals surface area (Å²) >= 11 is 0. The van der Waals surface area contributed by atoms with Gasteiger partial charge in [-0.3, -0.25) is 9.69 Å². The van der Waals surface area contributed by atoms with E-state index in [1.54, 1.807) is 4.90 Å². The van der Waals surface area contributed by atoms with Crippen molar-refractivity contribution in [2.45, 2.75) is 31.7 Å². The highest BCUT2D eigenvalue weighted by atomic mass is 16.1. The van der Waals surface area contributed by atoms with Crippen molar-refractivity contribution >= 4 is 6.41 Å². The lowest BCUT2D eigenvalue weighted by Gasteiger charge is -2.38. The summed E-state index contributed by atoms with van der Waals surface area (Å²) in [7, 11) is 1.86. The van der Waals surface area contributed by atoms with Gasteiger partial charge in [-0.1, -0.05) is 60.7 Å². The molecule has 1 unspecified atom stereocenters. The van der Waals surface area contributed by atoms with Crippen LogP contribution in [-0.4, -0.2) is 42.9 Å².